The minimum absolute atomic E-state index is 0.00384. The van der Waals surface area contributed by atoms with Crippen molar-refractivity contribution < 1.29 is 49.0 Å². The Kier molecular flexibility index (Phi) is 9.53. The fourth-order valence-corrected chi connectivity index (χ4v) is 5.84. The molecule has 0 bridgehead atoms. The average Bonchev–Trinajstić information content (AvgIpc) is 3.37. The van der Waals surface area contributed by atoms with Crippen molar-refractivity contribution in [3.05, 3.63) is 93.3 Å². The van der Waals surface area contributed by atoms with Gasteiger partial charge in [-0.05, 0) is 77.6 Å². The molecule has 4 aromatic rings. The van der Waals surface area contributed by atoms with E-state index < -0.39 is 53.8 Å². The van der Waals surface area contributed by atoms with E-state index >= 15 is 0 Å². The van der Waals surface area contributed by atoms with Crippen LogP contribution in [0.2, 0.25) is 0 Å². The van der Waals surface area contributed by atoms with Crippen molar-refractivity contribution in [1.82, 2.24) is 25.2 Å². The van der Waals surface area contributed by atoms with E-state index in [1.165, 1.54) is 50.5 Å². The number of aromatic nitrogens is 5. The zero-order valence-electron chi connectivity index (χ0n) is 26.1. The topological polar surface area (TPSA) is 89.3 Å². The summed E-state index contributed by atoms with van der Waals surface area (Å²) in [5.74, 6) is -0.832. The number of hydrogen-bond donors (Lipinski definition) is 0. The van der Waals surface area contributed by atoms with Crippen molar-refractivity contribution in [2.24, 2.45) is 7.05 Å². The van der Waals surface area contributed by atoms with Crippen LogP contribution in [0.5, 0.6) is 0 Å². The maximum atomic E-state index is 14.2. The van der Waals surface area contributed by atoms with Crippen molar-refractivity contribution in [2.75, 3.05) is 23.5 Å². The molecule has 9 nitrogen and oxygen atoms in total. The van der Waals surface area contributed by atoms with Gasteiger partial charge in [0.1, 0.15) is 0 Å². The number of carbonyl (C=O) groups excluding carboxylic acids is 1. The smallest absolute Gasteiger partial charge is 0.416 e. The summed E-state index contributed by atoms with van der Waals surface area (Å²) in [6, 6.07) is 4.02. The molecule has 0 fully saturated rings. The first-order chi connectivity index (χ1) is 22.8. The van der Waals surface area contributed by atoms with E-state index in [4.69, 9.17) is 4.74 Å². The first-order valence-corrected chi connectivity index (χ1v) is 14.6. The maximum absolute atomic E-state index is 14.2. The molecule has 5 rings (SSSR count). The third-order valence-electron chi connectivity index (χ3n) is 8.01. The third kappa shape index (κ3) is 7.88. The fraction of sp³-hybridized carbons (Fsp3) is 0.387. The number of nitrogens with zero attached hydrogens (tertiary/aromatic N) is 7. The van der Waals surface area contributed by atoms with Crippen molar-refractivity contribution >= 4 is 17.6 Å². The molecule has 1 aliphatic heterocycles. The number of anilines is 2. The van der Waals surface area contributed by atoms with E-state index in [0.717, 1.165) is 10.9 Å². The first kappa shape index (κ1) is 35.4. The number of hydrogen-bond acceptors (Lipinski definition) is 8. The Labute approximate surface area is 273 Å². The average molecular weight is 702 g/mol. The Morgan fingerprint density at radius 2 is 1.59 bits per heavy atom. The molecule has 0 saturated heterocycles. The Morgan fingerprint density at radius 3 is 2.16 bits per heavy atom. The predicted molar refractivity (Wildman–Crippen MR) is 156 cm³/mol. The van der Waals surface area contributed by atoms with Crippen LogP contribution in [0.25, 0.3) is 0 Å². The second-order valence-corrected chi connectivity index (χ2v) is 11.5. The Hall–Kier alpha value is -4.90. The number of pyridine rings is 1. The van der Waals surface area contributed by atoms with Gasteiger partial charge in [-0.3, -0.25) is 4.98 Å². The molecule has 18 heteroatoms. The largest absolute Gasteiger partial charge is 0.465 e. The Balaban J connectivity index is 1.66. The zero-order valence-corrected chi connectivity index (χ0v) is 26.1. The molecule has 0 N–H and O–H groups in total. The van der Waals surface area contributed by atoms with Gasteiger partial charge in [0.15, 0.2) is 0 Å². The van der Waals surface area contributed by atoms with E-state index in [1.807, 2.05) is 0 Å². The minimum atomic E-state index is -5.10. The predicted octanol–water partition coefficient (Wildman–Crippen LogP) is 7.30. The molecular formula is C31H28F9N7O2. The summed E-state index contributed by atoms with van der Waals surface area (Å²) >= 11 is 0. The summed E-state index contributed by atoms with van der Waals surface area (Å²) in [4.78, 5) is 20.2. The molecule has 0 spiro atoms. The molecule has 2 aromatic carbocycles. The normalized spacial score (nSPS) is 15.5. The number of alkyl halides is 9. The van der Waals surface area contributed by atoms with E-state index in [2.05, 4.69) is 20.4 Å². The number of fused-ring (bicyclic) bond motifs is 1. The number of carbonyl (C=O) groups is 1. The standard InChI is InChI=1S/C31H28F9N7O2/c1-17-7-23-25(47(28-42-44-45(2)43-28)16-18-9-21(29(32,33)34)11-22(10-18)30(35,36)37)5-4-6-46(26(23)12-24(17)31(38,39)40)15-19-8-20(14-41-13-19)27(48)49-3/h7-14,25H,4-6,15-16H2,1-3H3/t25-/m0/s1. The van der Waals surface area contributed by atoms with Gasteiger partial charge in [-0.1, -0.05) is 11.2 Å². The lowest BCUT2D eigenvalue weighted by molar-refractivity contribution is -0.143. The van der Waals surface area contributed by atoms with Gasteiger partial charge in [-0.2, -0.15) is 44.3 Å². The molecule has 0 amide bonds. The van der Waals surface area contributed by atoms with Crippen LogP contribution >= 0.6 is 0 Å². The van der Waals surface area contributed by atoms with Crippen LogP contribution < -0.4 is 9.80 Å². The van der Waals surface area contributed by atoms with E-state index in [1.54, 1.807) is 4.90 Å². The van der Waals surface area contributed by atoms with E-state index in [9.17, 15) is 44.3 Å². The van der Waals surface area contributed by atoms with Crippen molar-refractivity contribution in [1.29, 1.82) is 0 Å². The molecule has 1 aliphatic rings. The quantitative estimate of drug-likeness (QED) is 0.147. The summed E-state index contributed by atoms with van der Waals surface area (Å²) in [6.45, 7) is 0.875. The van der Waals surface area contributed by atoms with Crippen LogP contribution in [0.3, 0.4) is 0 Å². The Morgan fingerprint density at radius 1 is 0.918 bits per heavy atom. The number of ether oxygens (including phenoxy) is 1. The van der Waals surface area contributed by atoms with Crippen molar-refractivity contribution in [2.45, 2.75) is 57.4 Å². The number of benzene rings is 2. The fourth-order valence-electron chi connectivity index (χ4n) is 5.84. The molecular weight excluding hydrogens is 673 g/mol. The van der Waals surface area contributed by atoms with Crippen molar-refractivity contribution in [3.8, 4) is 0 Å². The number of aryl methyl sites for hydroxylation is 2. The Bertz CT molecular complexity index is 1810. The highest BCUT2D eigenvalue weighted by atomic mass is 19.4. The molecule has 2 aromatic heterocycles. The van der Waals surface area contributed by atoms with Gasteiger partial charge in [-0.15, -0.1) is 5.10 Å². The number of rotatable bonds is 7. The van der Waals surface area contributed by atoms with Crippen LogP contribution in [0, 0.1) is 6.92 Å². The van der Waals surface area contributed by atoms with Gasteiger partial charge in [0.2, 0.25) is 0 Å². The van der Waals surface area contributed by atoms with Crippen LogP contribution in [-0.2, 0) is 43.4 Å². The number of tetrazole rings is 1. The van der Waals surface area contributed by atoms with Gasteiger partial charge in [-0.25, -0.2) is 4.79 Å². The molecule has 3 heterocycles. The molecule has 262 valence electrons. The molecule has 1 atom stereocenters. The highest BCUT2D eigenvalue weighted by Crippen LogP contribution is 2.44. The van der Waals surface area contributed by atoms with Gasteiger partial charge in [0.05, 0.1) is 42.5 Å². The summed E-state index contributed by atoms with van der Waals surface area (Å²) in [5, 5.41) is 11.9. The monoisotopic (exact) mass is 701 g/mol. The molecule has 0 aliphatic carbocycles. The van der Waals surface area contributed by atoms with Gasteiger partial charge < -0.3 is 14.5 Å². The second kappa shape index (κ2) is 13.2. The first-order valence-electron chi connectivity index (χ1n) is 14.6. The SMILES string of the molecule is COC(=O)c1cncc(CN2CCC[C@H](N(Cc3cc(C(F)(F)F)cc(C(F)(F)F)c3)c3nnn(C)n3)c3cc(C)c(C(F)(F)F)cc32)c1. The molecule has 0 saturated carbocycles. The van der Waals surface area contributed by atoms with Crippen molar-refractivity contribution in [3.63, 3.8) is 0 Å². The van der Waals surface area contributed by atoms with Gasteiger partial charge in [0, 0.05) is 37.7 Å². The molecule has 0 unspecified atom stereocenters. The molecule has 0 radical (unpaired) electrons. The van der Waals surface area contributed by atoms with Gasteiger partial charge >= 0.3 is 24.5 Å². The zero-order chi connectivity index (χ0) is 35.9. The third-order valence-corrected chi connectivity index (χ3v) is 8.01. The number of esters is 1. The summed E-state index contributed by atoms with van der Waals surface area (Å²) < 4.78 is 130. The highest BCUT2D eigenvalue weighted by molar-refractivity contribution is 5.89. The number of halogens is 9. The highest BCUT2D eigenvalue weighted by Gasteiger charge is 2.39. The van der Waals surface area contributed by atoms with Crippen LogP contribution in [0.15, 0.2) is 48.8 Å². The maximum Gasteiger partial charge on any atom is 0.416 e. The minimum Gasteiger partial charge on any atom is -0.465 e. The van der Waals surface area contributed by atoms with Crippen LogP contribution in [0.4, 0.5) is 51.1 Å². The van der Waals surface area contributed by atoms with Crippen LogP contribution in [0.1, 0.15) is 68.2 Å². The molecule has 49 heavy (non-hydrogen) atoms. The lowest BCUT2D eigenvalue weighted by atomic mass is 9.94. The number of methoxy groups -OCH3 is 1. The van der Waals surface area contributed by atoms with Crippen LogP contribution in [-0.4, -0.2) is 44.8 Å². The summed E-state index contributed by atoms with van der Waals surface area (Å²) in [6.07, 6.45) is -11.7. The lowest BCUT2D eigenvalue weighted by Gasteiger charge is -2.33. The lowest BCUT2D eigenvalue weighted by Crippen LogP contribution is -2.30. The summed E-state index contributed by atoms with van der Waals surface area (Å²) in [7, 11) is 2.59. The van der Waals surface area contributed by atoms with E-state index in [0.29, 0.717) is 29.7 Å². The second-order valence-electron chi connectivity index (χ2n) is 11.5. The van der Waals surface area contributed by atoms with E-state index in [-0.39, 0.29) is 53.9 Å². The summed E-state index contributed by atoms with van der Waals surface area (Å²) in [5.41, 5.74) is -3.52. The van der Waals surface area contributed by atoms with Gasteiger partial charge in [0.25, 0.3) is 5.95 Å².